The largest absolute Gasteiger partial charge is 0.449 e. The van der Waals surface area contributed by atoms with Gasteiger partial charge in [0.25, 0.3) is 11.6 Å². The average Bonchev–Trinajstić information content (AvgIpc) is 2.54. The van der Waals surface area contributed by atoms with Crippen LogP contribution in [0.4, 0.5) is 11.4 Å². The molecule has 0 aliphatic carbocycles. The van der Waals surface area contributed by atoms with Crippen LogP contribution in [0.5, 0.6) is 0 Å². The van der Waals surface area contributed by atoms with Crippen molar-refractivity contribution in [2.24, 2.45) is 0 Å². The molecule has 124 valence electrons. The van der Waals surface area contributed by atoms with Gasteiger partial charge in [-0.2, -0.15) is 0 Å². The fourth-order valence-electron chi connectivity index (χ4n) is 1.84. The Bertz CT molecular complexity index is 794. The number of nitrogens with zero attached hydrogens (tertiary/aromatic N) is 1. The molecule has 1 amide bonds. The summed E-state index contributed by atoms with van der Waals surface area (Å²) < 4.78 is 5.03. The fourth-order valence-corrected chi connectivity index (χ4v) is 2.03. The quantitative estimate of drug-likeness (QED) is 0.507. The van der Waals surface area contributed by atoms with Gasteiger partial charge >= 0.3 is 5.97 Å². The number of nitro benzene ring substituents is 1. The lowest BCUT2D eigenvalue weighted by Gasteiger charge is -2.13. The van der Waals surface area contributed by atoms with Gasteiger partial charge in [-0.15, -0.1) is 0 Å². The first kappa shape index (κ1) is 17.4. The molecule has 0 aliphatic rings. The van der Waals surface area contributed by atoms with E-state index < -0.39 is 22.9 Å². The van der Waals surface area contributed by atoms with Gasteiger partial charge < -0.3 is 10.1 Å². The Balaban J connectivity index is 2.01. The van der Waals surface area contributed by atoms with Gasteiger partial charge in [-0.1, -0.05) is 23.7 Å². The van der Waals surface area contributed by atoms with E-state index in [1.54, 1.807) is 24.3 Å². The Morgan fingerprint density at radius 1 is 1.21 bits per heavy atom. The lowest BCUT2D eigenvalue weighted by atomic mass is 10.2. The number of amides is 1. The minimum Gasteiger partial charge on any atom is -0.449 e. The smallest absolute Gasteiger partial charge is 0.339 e. The van der Waals surface area contributed by atoms with Crippen molar-refractivity contribution in [3.8, 4) is 0 Å². The lowest BCUT2D eigenvalue weighted by Crippen LogP contribution is -2.30. The second kappa shape index (κ2) is 7.56. The lowest BCUT2D eigenvalue weighted by molar-refractivity contribution is -0.384. The first-order valence-electron chi connectivity index (χ1n) is 6.88. The third-order valence-corrected chi connectivity index (χ3v) is 3.27. The van der Waals surface area contributed by atoms with Crippen LogP contribution in [0, 0.1) is 10.1 Å². The first-order valence-corrected chi connectivity index (χ1v) is 7.26. The molecule has 0 radical (unpaired) electrons. The summed E-state index contributed by atoms with van der Waals surface area (Å²) in [5.41, 5.74) is 0.220. The Morgan fingerprint density at radius 2 is 1.92 bits per heavy atom. The summed E-state index contributed by atoms with van der Waals surface area (Å²) in [6.45, 7) is 1.40. The number of benzene rings is 2. The number of anilines is 1. The van der Waals surface area contributed by atoms with Crippen LogP contribution in [0.15, 0.2) is 48.5 Å². The summed E-state index contributed by atoms with van der Waals surface area (Å²) in [6, 6.07) is 11.6. The van der Waals surface area contributed by atoms with Gasteiger partial charge in [0, 0.05) is 22.8 Å². The van der Waals surface area contributed by atoms with Crippen molar-refractivity contribution in [1.82, 2.24) is 0 Å². The standard InChI is InChI=1S/C16H13ClN2O5/c1-10(15(20)18-13-6-3-5-12(17)9-13)24-16(21)11-4-2-7-14(8-11)19(22)23/h2-10H,1H3,(H,18,20)/t10-/m0/s1. The topological polar surface area (TPSA) is 98.5 Å². The molecule has 0 spiro atoms. The number of ether oxygens (including phenoxy) is 1. The molecule has 0 fully saturated rings. The number of carbonyl (C=O) groups is 2. The summed E-state index contributed by atoms with van der Waals surface area (Å²) >= 11 is 5.82. The van der Waals surface area contributed by atoms with E-state index in [-0.39, 0.29) is 11.3 Å². The third-order valence-electron chi connectivity index (χ3n) is 3.04. The van der Waals surface area contributed by atoms with E-state index in [2.05, 4.69) is 5.32 Å². The van der Waals surface area contributed by atoms with Crippen molar-refractivity contribution in [2.45, 2.75) is 13.0 Å². The van der Waals surface area contributed by atoms with Gasteiger partial charge in [0.1, 0.15) is 0 Å². The number of nitrogens with one attached hydrogen (secondary N) is 1. The second-order valence-electron chi connectivity index (χ2n) is 4.85. The molecule has 1 atom stereocenters. The number of non-ortho nitro benzene ring substituents is 1. The molecule has 0 saturated carbocycles. The number of nitro groups is 1. The molecule has 24 heavy (non-hydrogen) atoms. The summed E-state index contributed by atoms with van der Waals surface area (Å²) in [5, 5.41) is 13.7. The molecule has 2 aromatic carbocycles. The summed E-state index contributed by atoms with van der Waals surface area (Å²) in [6.07, 6.45) is -1.09. The summed E-state index contributed by atoms with van der Waals surface area (Å²) in [7, 11) is 0. The maximum Gasteiger partial charge on any atom is 0.339 e. The van der Waals surface area contributed by atoms with Crippen LogP contribution in [0.2, 0.25) is 5.02 Å². The summed E-state index contributed by atoms with van der Waals surface area (Å²) in [4.78, 5) is 34.1. The predicted octanol–water partition coefficient (Wildman–Crippen LogP) is 3.43. The number of hydrogen-bond acceptors (Lipinski definition) is 5. The van der Waals surface area contributed by atoms with Crippen molar-refractivity contribution in [2.75, 3.05) is 5.32 Å². The monoisotopic (exact) mass is 348 g/mol. The molecular formula is C16H13ClN2O5. The number of hydrogen-bond donors (Lipinski definition) is 1. The third kappa shape index (κ3) is 4.53. The molecule has 0 bridgehead atoms. The van der Waals surface area contributed by atoms with Crippen LogP contribution in [-0.4, -0.2) is 22.9 Å². The van der Waals surface area contributed by atoms with Crippen LogP contribution in [0.1, 0.15) is 17.3 Å². The van der Waals surface area contributed by atoms with Crippen LogP contribution < -0.4 is 5.32 Å². The predicted molar refractivity (Wildman–Crippen MR) is 88.1 cm³/mol. The molecular weight excluding hydrogens is 336 g/mol. The minimum absolute atomic E-state index is 0.00777. The van der Waals surface area contributed by atoms with E-state index in [1.807, 2.05) is 0 Å². The van der Waals surface area contributed by atoms with Crippen molar-refractivity contribution in [3.63, 3.8) is 0 Å². The van der Waals surface area contributed by atoms with Crippen molar-refractivity contribution in [3.05, 3.63) is 69.2 Å². The van der Waals surface area contributed by atoms with Crippen LogP contribution in [0.25, 0.3) is 0 Å². The number of carbonyl (C=O) groups excluding carboxylic acids is 2. The van der Waals surface area contributed by atoms with Crippen molar-refractivity contribution in [1.29, 1.82) is 0 Å². The highest BCUT2D eigenvalue weighted by Crippen LogP contribution is 2.17. The molecule has 0 aliphatic heterocycles. The van der Waals surface area contributed by atoms with E-state index in [1.165, 1.54) is 25.1 Å². The molecule has 7 nitrogen and oxygen atoms in total. The highest BCUT2D eigenvalue weighted by atomic mass is 35.5. The Hall–Kier alpha value is -2.93. The van der Waals surface area contributed by atoms with Gasteiger partial charge in [0.2, 0.25) is 0 Å². The SMILES string of the molecule is C[C@H](OC(=O)c1cccc([N+](=O)[O-])c1)C(=O)Nc1cccc(Cl)c1. The fraction of sp³-hybridized carbons (Fsp3) is 0.125. The Morgan fingerprint density at radius 3 is 2.58 bits per heavy atom. The van der Waals surface area contributed by atoms with E-state index in [4.69, 9.17) is 16.3 Å². The molecule has 0 unspecified atom stereocenters. The van der Waals surface area contributed by atoms with E-state index in [0.29, 0.717) is 10.7 Å². The van der Waals surface area contributed by atoms with Crippen LogP contribution in [0.3, 0.4) is 0 Å². The van der Waals surface area contributed by atoms with E-state index in [9.17, 15) is 19.7 Å². The number of halogens is 1. The second-order valence-corrected chi connectivity index (χ2v) is 5.29. The van der Waals surface area contributed by atoms with Crippen molar-refractivity contribution < 1.29 is 19.2 Å². The van der Waals surface area contributed by atoms with Crippen LogP contribution in [-0.2, 0) is 9.53 Å². The highest BCUT2D eigenvalue weighted by Gasteiger charge is 2.20. The Labute approximate surface area is 142 Å². The molecule has 0 aromatic heterocycles. The Kier molecular flexibility index (Phi) is 5.49. The maximum atomic E-state index is 12.0. The number of esters is 1. The van der Waals surface area contributed by atoms with E-state index >= 15 is 0 Å². The highest BCUT2D eigenvalue weighted by molar-refractivity contribution is 6.30. The van der Waals surface area contributed by atoms with Gasteiger partial charge in [-0.25, -0.2) is 4.79 Å². The molecule has 2 rings (SSSR count). The van der Waals surface area contributed by atoms with Crippen LogP contribution >= 0.6 is 11.6 Å². The normalized spacial score (nSPS) is 11.4. The molecule has 0 saturated heterocycles. The van der Waals surface area contributed by atoms with Gasteiger partial charge in [0.05, 0.1) is 10.5 Å². The average molecular weight is 349 g/mol. The zero-order chi connectivity index (χ0) is 17.7. The minimum atomic E-state index is -1.09. The first-order chi connectivity index (χ1) is 11.4. The number of rotatable bonds is 5. The molecule has 2 aromatic rings. The zero-order valence-electron chi connectivity index (χ0n) is 12.6. The molecule has 0 heterocycles. The van der Waals surface area contributed by atoms with Gasteiger partial charge in [-0.05, 0) is 31.2 Å². The van der Waals surface area contributed by atoms with Crippen molar-refractivity contribution >= 4 is 34.9 Å². The maximum absolute atomic E-state index is 12.0. The van der Waals surface area contributed by atoms with Gasteiger partial charge in [0.15, 0.2) is 6.10 Å². The van der Waals surface area contributed by atoms with Gasteiger partial charge in [-0.3, -0.25) is 14.9 Å². The zero-order valence-corrected chi connectivity index (χ0v) is 13.3. The van der Waals surface area contributed by atoms with E-state index in [0.717, 1.165) is 6.07 Å². The molecule has 1 N–H and O–H groups in total. The summed E-state index contributed by atoms with van der Waals surface area (Å²) in [5.74, 6) is -1.37. The molecule has 8 heteroatoms.